The molecule has 1 aliphatic heterocycles. The number of hydrogen-bond donors (Lipinski definition) is 4. The Labute approximate surface area is 99.1 Å². The maximum absolute atomic E-state index is 11.5. The summed E-state index contributed by atoms with van der Waals surface area (Å²) in [6.45, 7) is 1.86. The number of carboxylic acids is 1. The molecule has 17 heavy (non-hydrogen) atoms. The number of nitrogens with one attached hydrogen (secondary N) is 2. The molecule has 1 rings (SSSR count). The average Bonchev–Trinajstić information content (AvgIpc) is 2.25. The van der Waals surface area contributed by atoms with E-state index in [0.717, 1.165) is 0 Å². The number of carbonyl (C=O) groups is 2. The number of aliphatic hydroxyl groups excluding tert-OH is 1. The van der Waals surface area contributed by atoms with Gasteiger partial charge in [0.05, 0.1) is 12.7 Å². The van der Waals surface area contributed by atoms with Gasteiger partial charge in [0.2, 0.25) is 0 Å². The summed E-state index contributed by atoms with van der Waals surface area (Å²) >= 11 is 0. The van der Waals surface area contributed by atoms with Gasteiger partial charge in [-0.15, -0.1) is 0 Å². The number of aliphatic hydroxyl groups is 1. The molecule has 0 aromatic rings. The molecule has 1 fully saturated rings. The fraction of sp³-hybridized carbons (Fsp3) is 0.800. The highest BCUT2D eigenvalue weighted by Gasteiger charge is 2.23. The van der Waals surface area contributed by atoms with Gasteiger partial charge in [0.15, 0.2) is 6.04 Å². The molecule has 1 saturated heterocycles. The van der Waals surface area contributed by atoms with Crippen LogP contribution in [0.5, 0.6) is 0 Å². The van der Waals surface area contributed by atoms with Crippen LogP contribution in [0.25, 0.3) is 0 Å². The van der Waals surface area contributed by atoms with Gasteiger partial charge in [-0.3, -0.25) is 0 Å². The summed E-state index contributed by atoms with van der Waals surface area (Å²) < 4.78 is 5.32. The maximum Gasteiger partial charge on any atom is 0.328 e. The Kier molecular flexibility index (Phi) is 5.17. The van der Waals surface area contributed by atoms with Crippen LogP contribution in [0.1, 0.15) is 19.8 Å². The predicted octanol–water partition coefficient (Wildman–Crippen LogP) is -0.701. The SMILES string of the molecule is CC1CC(NC(=O)N[C@H](CO)C(=O)O)CCO1. The van der Waals surface area contributed by atoms with Crippen molar-refractivity contribution in [1.82, 2.24) is 10.6 Å². The van der Waals surface area contributed by atoms with Gasteiger partial charge in [0.25, 0.3) is 0 Å². The summed E-state index contributed by atoms with van der Waals surface area (Å²) in [7, 11) is 0. The first-order chi connectivity index (χ1) is 8.02. The highest BCUT2D eigenvalue weighted by molar-refractivity contribution is 5.82. The lowest BCUT2D eigenvalue weighted by molar-refractivity contribution is -0.140. The molecule has 0 aromatic heterocycles. The highest BCUT2D eigenvalue weighted by atomic mass is 16.5. The molecule has 1 aliphatic rings. The predicted molar refractivity (Wildman–Crippen MR) is 58.6 cm³/mol. The van der Waals surface area contributed by atoms with Crippen LogP contribution in [0.15, 0.2) is 0 Å². The molecule has 0 aromatic carbocycles. The summed E-state index contributed by atoms with van der Waals surface area (Å²) in [5, 5.41) is 22.2. The summed E-state index contributed by atoms with van der Waals surface area (Å²) in [6.07, 6.45) is 1.49. The van der Waals surface area contributed by atoms with E-state index in [1.807, 2.05) is 6.92 Å². The van der Waals surface area contributed by atoms with Crippen molar-refractivity contribution in [1.29, 1.82) is 0 Å². The Bertz CT molecular complexity index is 284. The van der Waals surface area contributed by atoms with E-state index in [9.17, 15) is 9.59 Å². The van der Waals surface area contributed by atoms with Gasteiger partial charge in [0, 0.05) is 12.6 Å². The third-order valence-corrected chi connectivity index (χ3v) is 2.61. The highest BCUT2D eigenvalue weighted by Crippen LogP contribution is 2.12. The second-order valence-electron chi connectivity index (χ2n) is 4.09. The third-order valence-electron chi connectivity index (χ3n) is 2.61. The fourth-order valence-electron chi connectivity index (χ4n) is 1.70. The Morgan fingerprint density at radius 2 is 2.24 bits per heavy atom. The first kappa shape index (κ1) is 13.7. The second kappa shape index (κ2) is 6.41. The van der Waals surface area contributed by atoms with Gasteiger partial charge in [-0.05, 0) is 19.8 Å². The topological polar surface area (TPSA) is 108 Å². The molecule has 4 N–H and O–H groups in total. The Hall–Kier alpha value is -1.34. The fourth-order valence-corrected chi connectivity index (χ4v) is 1.70. The van der Waals surface area contributed by atoms with E-state index < -0.39 is 24.6 Å². The minimum Gasteiger partial charge on any atom is -0.480 e. The third kappa shape index (κ3) is 4.58. The zero-order valence-electron chi connectivity index (χ0n) is 9.68. The van der Waals surface area contributed by atoms with E-state index in [2.05, 4.69) is 10.6 Å². The number of urea groups is 1. The quantitative estimate of drug-likeness (QED) is 0.524. The maximum atomic E-state index is 11.5. The molecule has 0 saturated carbocycles. The first-order valence-electron chi connectivity index (χ1n) is 5.55. The molecule has 7 heteroatoms. The molecule has 7 nitrogen and oxygen atoms in total. The average molecular weight is 246 g/mol. The van der Waals surface area contributed by atoms with E-state index in [-0.39, 0.29) is 12.1 Å². The van der Waals surface area contributed by atoms with E-state index >= 15 is 0 Å². The number of hydrogen-bond acceptors (Lipinski definition) is 4. The van der Waals surface area contributed by atoms with Crippen molar-refractivity contribution in [3.05, 3.63) is 0 Å². The van der Waals surface area contributed by atoms with Crippen molar-refractivity contribution >= 4 is 12.0 Å². The molecule has 98 valence electrons. The molecule has 3 atom stereocenters. The number of ether oxygens (including phenoxy) is 1. The van der Waals surface area contributed by atoms with Crippen molar-refractivity contribution in [2.75, 3.05) is 13.2 Å². The zero-order chi connectivity index (χ0) is 12.8. The molecule has 1 heterocycles. The number of aliphatic carboxylic acids is 1. The van der Waals surface area contributed by atoms with Crippen LogP contribution in [-0.2, 0) is 9.53 Å². The molecule has 0 bridgehead atoms. The number of amides is 2. The Morgan fingerprint density at radius 3 is 2.76 bits per heavy atom. The van der Waals surface area contributed by atoms with Crippen molar-refractivity contribution in [3.8, 4) is 0 Å². The lowest BCUT2D eigenvalue weighted by atomic mass is 10.0. The largest absolute Gasteiger partial charge is 0.480 e. The van der Waals surface area contributed by atoms with E-state index in [0.29, 0.717) is 19.4 Å². The van der Waals surface area contributed by atoms with E-state index in [1.54, 1.807) is 0 Å². The molecule has 0 spiro atoms. The molecule has 2 unspecified atom stereocenters. The monoisotopic (exact) mass is 246 g/mol. The summed E-state index contributed by atoms with van der Waals surface area (Å²) in [4.78, 5) is 22.0. The van der Waals surface area contributed by atoms with Crippen LogP contribution >= 0.6 is 0 Å². The summed E-state index contributed by atoms with van der Waals surface area (Å²) in [5.74, 6) is -1.26. The van der Waals surface area contributed by atoms with E-state index in [1.165, 1.54) is 0 Å². The minimum atomic E-state index is -1.27. The Balaban J connectivity index is 2.35. The molecule has 0 radical (unpaired) electrons. The first-order valence-corrected chi connectivity index (χ1v) is 5.55. The lowest BCUT2D eigenvalue weighted by Gasteiger charge is -2.28. The van der Waals surface area contributed by atoms with Gasteiger partial charge in [-0.2, -0.15) is 0 Å². The van der Waals surface area contributed by atoms with Gasteiger partial charge in [-0.25, -0.2) is 9.59 Å². The number of rotatable bonds is 4. The van der Waals surface area contributed by atoms with Crippen molar-refractivity contribution in [2.45, 2.75) is 38.0 Å². The van der Waals surface area contributed by atoms with Crippen LogP contribution in [0.3, 0.4) is 0 Å². The standard InChI is InChI=1S/C10H18N2O5/c1-6-4-7(2-3-17-6)11-10(16)12-8(5-13)9(14)15/h6-8,13H,2-5H2,1H3,(H,14,15)(H2,11,12,16)/t6?,7?,8-/m1/s1. The van der Waals surface area contributed by atoms with Crippen molar-refractivity contribution in [3.63, 3.8) is 0 Å². The lowest BCUT2D eigenvalue weighted by Crippen LogP contribution is -2.51. The molecule has 2 amide bonds. The van der Waals surface area contributed by atoms with Gasteiger partial charge < -0.3 is 25.6 Å². The minimum absolute atomic E-state index is 0.0214. The molecular weight excluding hydrogens is 228 g/mol. The van der Waals surface area contributed by atoms with Crippen LogP contribution in [0.4, 0.5) is 4.79 Å². The Morgan fingerprint density at radius 1 is 1.53 bits per heavy atom. The molecular formula is C10H18N2O5. The van der Waals surface area contributed by atoms with Crippen molar-refractivity contribution < 1.29 is 24.5 Å². The number of carboxylic acid groups (broad SMARTS) is 1. The normalized spacial score (nSPS) is 26.0. The van der Waals surface area contributed by atoms with Gasteiger partial charge >= 0.3 is 12.0 Å². The van der Waals surface area contributed by atoms with Crippen LogP contribution in [-0.4, -0.2) is 53.6 Å². The molecule has 0 aliphatic carbocycles. The van der Waals surface area contributed by atoms with Gasteiger partial charge in [0.1, 0.15) is 0 Å². The van der Waals surface area contributed by atoms with Gasteiger partial charge in [-0.1, -0.05) is 0 Å². The zero-order valence-corrected chi connectivity index (χ0v) is 9.68. The second-order valence-corrected chi connectivity index (χ2v) is 4.09. The smallest absolute Gasteiger partial charge is 0.328 e. The van der Waals surface area contributed by atoms with Crippen LogP contribution < -0.4 is 10.6 Å². The number of carbonyl (C=O) groups excluding carboxylic acids is 1. The van der Waals surface area contributed by atoms with Crippen molar-refractivity contribution in [2.24, 2.45) is 0 Å². The summed E-state index contributed by atoms with van der Waals surface area (Å²) in [5.41, 5.74) is 0. The van der Waals surface area contributed by atoms with Crippen LogP contribution in [0, 0.1) is 0 Å². The van der Waals surface area contributed by atoms with E-state index in [4.69, 9.17) is 14.9 Å². The van der Waals surface area contributed by atoms with Crippen LogP contribution in [0.2, 0.25) is 0 Å². The summed E-state index contributed by atoms with van der Waals surface area (Å²) in [6, 6.07) is -1.87.